The second-order valence-corrected chi connectivity index (χ2v) is 4.92. The highest BCUT2D eigenvalue weighted by Gasteiger charge is 2.04. The topological polar surface area (TPSA) is 9.23 Å². The molecular weight excluding hydrogens is 284 g/mol. The maximum absolute atomic E-state index is 5.33. The van der Waals surface area contributed by atoms with Crippen LogP contribution in [0.4, 0.5) is 0 Å². The predicted octanol–water partition coefficient (Wildman–Crippen LogP) is 4.44. The maximum atomic E-state index is 5.33. The van der Waals surface area contributed by atoms with Gasteiger partial charge in [0.05, 0.1) is 6.61 Å². The molecular formula is C13H13BrOS. The van der Waals surface area contributed by atoms with E-state index in [-0.39, 0.29) is 0 Å². The lowest BCUT2D eigenvalue weighted by Crippen LogP contribution is -1.94. The third kappa shape index (κ3) is 2.59. The smallest absolute Gasteiger partial charge is 0.0654 e. The van der Waals surface area contributed by atoms with Crippen LogP contribution in [-0.2, 0) is 10.6 Å². The molecule has 0 aliphatic carbocycles. The van der Waals surface area contributed by atoms with Crippen LogP contribution in [0.25, 0.3) is 10.8 Å². The first-order valence-electron chi connectivity index (χ1n) is 5.14. The van der Waals surface area contributed by atoms with Gasteiger partial charge in [-0.3, -0.25) is 0 Å². The van der Waals surface area contributed by atoms with Crippen molar-refractivity contribution < 1.29 is 4.18 Å². The summed E-state index contributed by atoms with van der Waals surface area (Å²) in [6.45, 7) is 0.752. The van der Waals surface area contributed by atoms with Gasteiger partial charge in [-0.1, -0.05) is 46.3 Å². The summed E-state index contributed by atoms with van der Waals surface area (Å²) in [5.74, 6) is 0. The molecule has 0 aromatic heterocycles. The Labute approximate surface area is 109 Å². The number of fused-ring (bicyclic) bond motifs is 1. The van der Waals surface area contributed by atoms with Crippen LogP contribution in [0.15, 0.2) is 40.9 Å². The third-order valence-electron chi connectivity index (χ3n) is 2.51. The number of hydrogen-bond acceptors (Lipinski definition) is 2. The fourth-order valence-corrected chi connectivity index (χ4v) is 2.70. The highest BCUT2D eigenvalue weighted by atomic mass is 79.9. The van der Waals surface area contributed by atoms with Gasteiger partial charge in [-0.2, -0.15) is 0 Å². The number of benzene rings is 2. The lowest BCUT2D eigenvalue weighted by atomic mass is 10.0. The Bertz CT molecular complexity index is 479. The summed E-state index contributed by atoms with van der Waals surface area (Å²) < 4.78 is 6.48. The average molecular weight is 297 g/mol. The molecule has 2 rings (SSSR count). The number of hydrogen-bond donors (Lipinski definition) is 0. The molecule has 0 N–H and O–H groups in total. The SMILES string of the molecule is CSOCCc1cccc2cccc(Br)c12. The van der Waals surface area contributed by atoms with Gasteiger partial charge in [0.15, 0.2) is 0 Å². The zero-order chi connectivity index (χ0) is 11.4. The molecule has 3 heteroatoms. The van der Waals surface area contributed by atoms with E-state index in [2.05, 4.69) is 52.3 Å². The predicted molar refractivity (Wildman–Crippen MR) is 74.8 cm³/mol. The van der Waals surface area contributed by atoms with Gasteiger partial charge in [0.25, 0.3) is 0 Å². The van der Waals surface area contributed by atoms with Gasteiger partial charge in [0.2, 0.25) is 0 Å². The summed E-state index contributed by atoms with van der Waals surface area (Å²) in [7, 11) is 0. The third-order valence-corrected chi connectivity index (χ3v) is 3.58. The molecule has 0 atom stereocenters. The van der Waals surface area contributed by atoms with Gasteiger partial charge in [-0.05, 0) is 40.9 Å². The summed E-state index contributed by atoms with van der Waals surface area (Å²) >= 11 is 5.03. The summed E-state index contributed by atoms with van der Waals surface area (Å²) in [4.78, 5) is 0. The largest absolute Gasteiger partial charge is 0.315 e. The Morgan fingerprint density at radius 1 is 1.19 bits per heavy atom. The van der Waals surface area contributed by atoms with Crippen molar-refractivity contribution in [2.75, 3.05) is 12.9 Å². The van der Waals surface area contributed by atoms with Crippen molar-refractivity contribution in [1.29, 1.82) is 0 Å². The average Bonchev–Trinajstić information content (AvgIpc) is 2.30. The molecule has 0 aliphatic heterocycles. The minimum Gasteiger partial charge on any atom is -0.315 e. The van der Waals surface area contributed by atoms with E-state index in [1.54, 1.807) is 0 Å². The Morgan fingerprint density at radius 2 is 1.94 bits per heavy atom. The molecule has 0 saturated carbocycles. The molecule has 0 fully saturated rings. The van der Waals surface area contributed by atoms with Crippen LogP contribution in [-0.4, -0.2) is 12.9 Å². The molecule has 0 unspecified atom stereocenters. The first-order chi connectivity index (χ1) is 7.83. The Hall–Kier alpha value is -0.510. The van der Waals surface area contributed by atoms with Crippen molar-refractivity contribution >= 4 is 38.7 Å². The van der Waals surface area contributed by atoms with Gasteiger partial charge < -0.3 is 4.18 Å². The molecule has 2 aromatic carbocycles. The zero-order valence-electron chi connectivity index (χ0n) is 9.07. The molecule has 16 heavy (non-hydrogen) atoms. The minimum atomic E-state index is 0.752. The molecule has 1 nitrogen and oxygen atoms in total. The highest BCUT2D eigenvalue weighted by Crippen LogP contribution is 2.27. The van der Waals surface area contributed by atoms with E-state index in [0.717, 1.165) is 17.5 Å². The van der Waals surface area contributed by atoms with Crippen molar-refractivity contribution in [2.24, 2.45) is 0 Å². The molecule has 84 valence electrons. The first-order valence-corrected chi connectivity index (χ1v) is 7.09. The second-order valence-electron chi connectivity index (χ2n) is 3.49. The van der Waals surface area contributed by atoms with Crippen molar-refractivity contribution in [3.63, 3.8) is 0 Å². The van der Waals surface area contributed by atoms with Crippen LogP contribution in [0.2, 0.25) is 0 Å². The van der Waals surface area contributed by atoms with E-state index in [9.17, 15) is 0 Å². The molecule has 0 bridgehead atoms. The van der Waals surface area contributed by atoms with Gasteiger partial charge in [0.1, 0.15) is 0 Å². The standard InChI is InChI=1S/C13H13BrOS/c1-16-15-9-8-11-5-2-4-10-6-3-7-12(14)13(10)11/h2-7H,8-9H2,1H3. The lowest BCUT2D eigenvalue weighted by molar-refractivity contribution is 0.381. The normalized spacial score (nSPS) is 10.9. The van der Waals surface area contributed by atoms with E-state index >= 15 is 0 Å². The van der Waals surface area contributed by atoms with Crippen LogP contribution in [0.5, 0.6) is 0 Å². The molecule has 0 aliphatic rings. The van der Waals surface area contributed by atoms with Crippen molar-refractivity contribution in [3.8, 4) is 0 Å². The van der Waals surface area contributed by atoms with Crippen LogP contribution < -0.4 is 0 Å². The van der Waals surface area contributed by atoms with Gasteiger partial charge >= 0.3 is 0 Å². The van der Waals surface area contributed by atoms with Gasteiger partial charge in [0, 0.05) is 10.7 Å². The van der Waals surface area contributed by atoms with E-state index in [1.807, 2.05) is 6.26 Å². The minimum absolute atomic E-state index is 0.752. The van der Waals surface area contributed by atoms with Crippen LogP contribution in [0, 0.1) is 0 Å². The molecule has 2 aromatic rings. The molecule has 0 saturated heterocycles. The fraction of sp³-hybridized carbons (Fsp3) is 0.231. The van der Waals surface area contributed by atoms with Crippen LogP contribution >= 0.6 is 28.0 Å². The van der Waals surface area contributed by atoms with Gasteiger partial charge in [-0.15, -0.1) is 0 Å². The molecule has 0 radical (unpaired) electrons. The number of halogens is 1. The van der Waals surface area contributed by atoms with E-state index in [1.165, 1.54) is 28.4 Å². The molecule has 0 heterocycles. The zero-order valence-corrected chi connectivity index (χ0v) is 11.5. The Balaban J connectivity index is 2.37. The Kier molecular flexibility index (Phi) is 4.27. The summed E-state index contributed by atoms with van der Waals surface area (Å²) in [6.07, 6.45) is 2.89. The quantitative estimate of drug-likeness (QED) is 0.609. The van der Waals surface area contributed by atoms with Crippen LogP contribution in [0.1, 0.15) is 5.56 Å². The maximum Gasteiger partial charge on any atom is 0.0654 e. The van der Waals surface area contributed by atoms with Crippen molar-refractivity contribution in [3.05, 3.63) is 46.4 Å². The molecule has 0 amide bonds. The summed E-state index contributed by atoms with van der Waals surface area (Å²) in [5.41, 5.74) is 1.33. The molecule has 0 spiro atoms. The number of rotatable bonds is 4. The fourth-order valence-electron chi connectivity index (χ4n) is 1.81. The van der Waals surface area contributed by atoms with E-state index < -0.39 is 0 Å². The van der Waals surface area contributed by atoms with E-state index in [0.29, 0.717) is 0 Å². The monoisotopic (exact) mass is 296 g/mol. The van der Waals surface area contributed by atoms with Gasteiger partial charge in [-0.25, -0.2) is 0 Å². The Morgan fingerprint density at radius 3 is 2.69 bits per heavy atom. The van der Waals surface area contributed by atoms with Crippen molar-refractivity contribution in [1.82, 2.24) is 0 Å². The van der Waals surface area contributed by atoms with Crippen LogP contribution in [0.3, 0.4) is 0 Å². The highest BCUT2D eigenvalue weighted by molar-refractivity contribution is 9.10. The van der Waals surface area contributed by atoms with E-state index in [4.69, 9.17) is 4.18 Å². The summed E-state index contributed by atoms with van der Waals surface area (Å²) in [5, 5.41) is 2.57. The summed E-state index contributed by atoms with van der Waals surface area (Å²) in [6, 6.07) is 12.7. The second kappa shape index (κ2) is 5.71. The van der Waals surface area contributed by atoms with Crippen molar-refractivity contribution in [2.45, 2.75) is 6.42 Å². The lowest BCUT2D eigenvalue weighted by Gasteiger charge is -2.08. The first kappa shape index (κ1) is 12.0.